The highest BCUT2D eigenvalue weighted by atomic mass is 35.5. The quantitative estimate of drug-likeness (QED) is 0.455. The van der Waals surface area contributed by atoms with E-state index in [1.54, 1.807) is 11.3 Å². The van der Waals surface area contributed by atoms with Crippen molar-refractivity contribution in [2.75, 3.05) is 0 Å². The van der Waals surface area contributed by atoms with Gasteiger partial charge in [0.2, 0.25) is 0 Å². The normalized spacial score (nSPS) is 12.0. The average molecular weight is 399 g/mol. The van der Waals surface area contributed by atoms with Crippen molar-refractivity contribution >= 4 is 55.6 Å². The number of thiophene rings is 2. The van der Waals surface area contributed by atoms with Gasteiger partial charge in [-0.25, -0.2) is 4.98 Å². The number of fused-ring (bicyclic) bond motifs is 1. The van der Waals surface area contributed by atoms with Gasteiger partial charge in [0, 0.05) is 15.3 Å². The molecule has 0 saturated carbocycles. The van der Waals surface area contributed by atoms with Crippen molar-refractivity contribution in [3.05, 3.63) is 73.3 Å². The molecule has 0 spiro atoms. The molecule has 1 N–H and O–H groups in total. The number of nitrogens with zero attached hydrogens (tertiary/aromatic N) is 1. The molecule has 1 aromatic carbocycles. The summed E-state index contributed by atoms with van der Waals surface area (Å²) in [6.45, 7) is 4.04. The van der Waals surface area contributed by atoms with Crippen LogP contribution in [0.15, 0.2) is 46.6 Å². The number of rotatable bonds is 3. The van der Waals surface area contributed by atoms with Gasteiger partial charge in [-0.15, -0.1) is 22.7 Å². The van der Waals surface area contributed by atoms with Gasteiger partial charge in [-0.1, -0.05) is 41.9 Å². The Morgan fingerprint density at radius 3 is 2.65 bits per heavy atom. The first kappa shape index (κ1) is 17.2. The fraction of sp³-hybridized carbons (Fsp3) is 0.100. The van der Waals surface area contributed by atoms with Gasteiger partial charge in [-0.05, 0) is 42.5 Å². The Labute approximate surface area is 163 Å². The number of aromatic nitrogens is 2. The summed E-state index contributed by atoms with van der Waals surface area (Å²) < 4.78 is 0. The second kappa shape index (κ2) is 6.83. The molecule has 0 aliphatic carbocycles. The zero-order valence-corrected chi connectivity index (χ0v) is 16.6. The Morgan fingerprint density at radius 2 is 1.96 bits per heavy atom. The lowest BCUT2D eigenvalue weighted by molar-refractivity contribution is 1.14. The van der Waals surface area contributed by atoms with Crippen LogP contribution >= 0.6 is 34.3 Å². The molecule has 0 aliphatic rings. The van der Waals surface area contributed by atoms with Crippen LogP contribution in [0, 0.1) is 13.8 Å². The minimum Gasteiger partial charge on any atom is -0.305 e. The number of benzene rings is 1. The van der Waals surface area contributed by atoms with Crippen molar-refractivity contribution < 1.29 is 0 Å². The molecule has 130 valence electrons. The van der Waals surface area contributed by atoms with E-state index in [2.05, 4.69) is 9.97 Å². The van der Waals surface area contributed by atoms with Gasteiger partial charge in [0.15, 0.2) is 5.82 Å². The third-order valence-electron chi connectivity index (χ3n) is 4.19. The van der Waals surface area contributed by atoms with Gasteiger partial charge in [0.1, 0.15) is 4.83 Å². The average Bonchev–Trinajstić information content (AvgIpc) is 3.18. The second-order valence-electron chi connectivity index (χ2n) is 5.95. The van der Waals surface area contributed by atoms with Crippen LogP contribution in [0.2, 0.25) is 0 Å². The Kier molecular flexibility index (Phi) is 4.53. The van der Waals surface area contributed by atoms with E-state index in [0.29, 0.717) is 21.1 Å². The van der Waals surface area contributed by atoms with Gasteiger partial charge in [-0.3, -0.25) is 4.79 Å². The van der Waals surface area contributed by atoms with Crippen LogP contribution in [0.3, 0.4) is 0 Å². The molecule has 0 fully saturated rings. The van der Waals surface area contributed by atoms with Crippen molar-refractivity contribution in [1.29, 1.82) is 0 Å². The van der Waals surface area contributed by atoms with E-state index >= 15 is 0 Å². The largest absolute Gasteiger partial charge is 0.305 e. The van der Waals surface area contributed by atoms with Crippen molar-refractivity contribution in [3.8, 4) is 11.1 Å². The van der Waals surface area contributed by atoms with Crippen molar-refractivity contribution in [2.24, 2.45) is 0 Å². The number of H-pyrrole nitrogens is 1. The molecule has 3 nitrogen and oxygen atoms in total. The maximum Gasteiger partial charge on any atom is 0.260 e. The highest BCUT2D eigenvalue weighted by Gasteiger charge is 2.17. The van der Waals surface area contributed by atoms with Crippen LogP contribution in [0.25, 0.3) is 32.5 Å². The molecule has 0 aliphatic heterocycles. The number of aryl methyl sites for hydroxylation is 2. The molecule has 0 amide bonds. The molecule has 4 rings (SSSR count). The van der Waals surface area contributed by atoms with E-state index in [4.69, 9.17) is 11.6 Å². The van der Waals surface area contributed by atoms with Crippen LogP contribution < -0.4 is 5.56 Å². The van der Waals surface area contributed by atoms with Crippen LogP contribution in [0.1, 0.15) is 21.1 Å². The summed E-state index contributed by atoms with van der Waals surface area (Å²) in [5.74, 6) is 0.401. The number of aromatic amines is 1. The third kappa shape index (κ3) is 3.03. The maximum atomic E-state index is 12.8. The fourth-order valence-electron chi connectivity index (χ4n) is 2.90. The number of hydrogen-bond donors (Lipinski definition) is 1. The standard InChI is InChI=1S/C20H15ClN2OS2/c1-11-8-9-25-15(11)10-14(21)18-22-19(24)17-16(12(2)26-20(17)23-18)13-6-4-3-5-7-13/h3-10H,1-2H3,(H,22,23,24)/b14-10-. The lowest BCUT2D eigenvalue weighted by Gasteiger charge is -2.02. The van der Waals surface area contributed by atoms with E-state index in [1.165, 1.54) is 11.3 Å². The molecular weight excluding hydrogens is 384 g/mol. The third-order valence-corrected chi connectivity index (χ3v) is 6.44. The molecule has 6 heteroatoms. The number of hydrogen-bond acceptors (Lipinski definition) is 4. The zero-order valence-electron chi connectivity index (χ0n) is 14.2. The summed E-state index contributed by atoms with van der Waals surface area (Å²) >= 11 is 9.57. The van der Waals surface area contributed by atoms with Gasteiger partial charge in [-0.2, -0.15) is 0 Å². The summed E-state index contributed by atoms with van der Waals surface area (Å²) in [7, 11) is 0. The number of nitrogens with one attached hydrogen (secondary N) is 1. The van der Waals surface area contributed by atoms with E-state index in [9.17, 15) is 4.79 Å². The number of halogens is 1. The summed E-state index contributed by atoms with van der Waals surface area (Å²) in [6, 6.07) is 12.0. The predicted molar refractivity (Wildman–Crippen MR) is 113 cm³/mol. The second-order valence-corrected chi connectivity index (χ2v) is 8.51. The van der Waals surface area contributed by atoms with Gasteiger partial charge < -0.3 is 4.98 Å². The van der Waals surface area contributed by atoms with E-state index < -0.39 is 0 Å². The SMILES string of the molecule is Cc1ccsc1/C=C(\Cl)c1nc2sc(C)c(-c3ccccc3)c2c(=O)[nH]1. The van der Waals surface area contributed by atoms with Gasteiger partial charge in [0.05, 0.1) is 10.4 Å². The van der Waals surface area contributed by atoms with E-state index in [0.717, 1.165) is 26.4 Å². The molecule has 0 unspecified atom stereocenters. The van der Waals surface area contributed by atoms with Crippen LogP contribution in [-0.2, 0) is 0 Å². The zero-order chi connectivity index (χ0) is 18.3. The lowest BCUT2D eigenvalue weighted by Crippen LogP contribution is -2.10. The topological polar surface area (TPSA) is 45.8 Å². The van der Waals surface area contributed by atoms with Crippen LogP contribution in [-0.4, -0.2) is 9.97 Å². The minimum atomic E-state index is -0.164. The summed E-state index contributed by atoms with van der Waals surface area (Å²) in [5, 5.41) is 3.07. The molecule has 0 bridgehead atoms. The Morgan fingerprint density at radius 1 is 1.19 bits per heavy atom. The molecule has 3 aromatic heterocycles. The first-order valence-electron chi connectivity index (χ1n) is 8.05. The Bertz CT molecular complexity index is 1190. The Hall–Kier alpha value is -2.21. The van der Waals surface area contributed by atoms with E-state index in [1.807, 2.05) is 61.7 Å². The van der Waals surface area contributed by atoms with Crippen molar-refractivity contribution in [3.63, 3.8) is 0 Å². The predicted octanol–water partition coefficient (Wildman–Crippen LogP) is 6.07. The summed E-state index contributed by atoms with van der Waals surface area (Å²) in [5.41, 5.74) is 2.95. The first-order chi connectivity index (χ1) is 12.5. The molecule has 0 radical (unpaired) electrons. The molecule has 3 heterocycles. The van der Waals surface area contributed by atoms with Gasteiger partial charge >= 0.3 is 0 Å². The van der Waals surface area contributed by atoms with Crippen LogP contribution in [0.4, 0.5) is 0 Å². The molecular formula is C20H15ClN2OS2. The van der Waals surface area contributed by atoms with Gasteiger partial charge in [0.25, 0.3) is 5.56 Å². The molecule has 26 heavy (non-hydrogen) atoms. The summed E-state index contributed by atoms with van der Waals surface area (Å²) in [4.78, 5) is 23.1. The molecule has 0 saturated heterocycles. The van der Waals surface area contributed by atoms with Crippen molar-refractivity contribution in [2.45, 2.75) is 13.8 Å². The Balaban J connectivity index is 1.88. The van der Waals surface area contributed by atoms with Crippen molar-refractivity contribution in [1.82, 2.24) is 9.97 Å². The lowest BCUT2D eigenvalue weighted by atomic mass is 10.0. The first-order valence-corrected chi connectivity index (χ1v) is 10.1. The van der Waals surface area contributed by atoms with Crippen LogP contribution in [0.5, 0.6) is 0 Å². The van der Waals surface area contributed by atoms with E-state index in [-0.39, 0.29) is 5.56 Å². The molecule has 4 aromatic rings. The highest BCUT2D eigenvalue weighted by Crippen LogP contribution is 2.36. The maximum absolute atomic E-state index is 12.8. The smallest absolute Gasteiger partial charge is 0.260 e. The highest BCUT2D eigenvalue weighted by molar-refractivity contribution is 7.19. The molecule has 0 atom stereocenters. The minimum absolute atomic E-state index is 0.164. The summed E-state index contributed by atoms with van der Waals surface area (Å²) in [6.07, 6.45) is 1.85. The monoisotopic (exact) mass is 398 g/mol. The fourth-order valence-corrected chi connectivity index (χ4v) is 5.07.